The maximum atomic E-state index is 6.35. The van der Waals surface area contributed by atoms with E-state index in [0.717, 1.165) is 31.1 Å². The van der Waals surface area contributed by atoms with E-state index in [0.29, 0.717) is 6.04 Å². The minimum atomic E-state index is 0.547. The van der Waals surface area contributed by atoms with Gasteiger partial charge in [-0.2, -0.15) is 0 Å². The molecule has 0 saturated carbocycles. The van der Waals surface area contributed by atoms with Crippen molar-refractivity contribution >= 4 is 17.3 Å². The molecular formula is C15H25ClN2. The second-order valence-corrected chi connectivity index (χ2v) is 5.01. The normalized spacial score (nSPS) is 12.5. The van der Waals surface area contributed by atoms with Crippen LogP contribution in [0.4, 0.5) is 5.69 Å². The third-order valence-corrected chi connectivity index (χ3v) is 3.75. The van der Waals surface area contributed by atoms with Gasteiger partial charge in [0.2, 0.25) is 0 Å². The SMILES string of the molecule is CCNCc1ccc(N(CC)C(C)CC)cc1Cl. The van der Waals surface area contributed by atoms with Crippen molar-refractivity contribution in [2.24, 2.45) is 0 Å². The lowest BCUT2D eigenvalue weighted by Gasteiger charge is -2.30. The van der Waals surface area contributed by atoms with Crippen LogP contribution in [0.1, 0.15) is 39.7 Å². The molecule has 0 aliphatic rings. The summed E-state index contributed by atoms with van der Waals surface area (Å²) in [5, 5.41) is 4.16. The number of rotatable bonds is 7. The second kappa shape index (κ2) is 7.65. The van der Waals surface area contributed by atoms with Crippen LogP contribution >= 0.6 is 11.6 Å². The van der Waals surface area contributed by atoms with Gasteiger partial charge in [0.25, 0.3) is 0 Å². The van der Waals surface area contributed by atoms with Crippen molar-refractivity contribution in [3.8, 4) is 0 Å². The summed E-state index contributed by atoms with van der Waals surface area (Å²) in [6, 6.07) is 6.94. The predicted octanol–water partition coefficient (Wildman–Crippen LogP) is 4.07. The van der Waals surface area contributed by atoms with Crippen LogP contribution in [-0.4, -0.2) is 19.1 Å². The van der Waals surface area contributed by atoms with Gasteiger partial charge in [-0.3, -0.25) is 0 Å². The molecule has 102 valence electrons. The average molecular weight is 269 g/mol. The Kier molecular flexibility index (Phi) is 6.51. The van der Waals surface area contributed by atoms with Crippen molar-refractivity contribution in [1.29, 1.82) is 0 Å². The zero-order valence-corrected chi connectivity index (χ0v) is 12.7. The lowest BCUT2D eigenvalue weighted by atomic mass is 10.1. The van der Waals surface area contributed by atoms with E-state index in [-0.39, 0.29) is 0 Å². The fourth-order valence-electron chi connectivity index (χ4n) is 2.09. The van der Waals surface area contributed by atoms with E-state index < -0.39 is 0 Å². The number of hydrogen-bond acceptors (Lipinski definition) is 2. The topological polar surface area (TPSA) is 15.3 Å². The summed E-state index contributed by atoms with van der Waals surface area (Å²) >= 11 is 6.35. The van der Waals surface area contributed by atoms with Crippen LogP contribution < -0.4 is 10.2 Å². The van der Waals surface area contributed by atoms with Crippen LogP contribution in [0.3, 0.4) is 0 Å². The van der Waals surface area contributed by atoms with Crippen LogP contribution in [0.2, 0.25) is 5.02 Å². The number of nitrogens with one attached hydrogen (secondary N) is 1. The fraction of sp³-hybridized carbons (Fsp3) is 0.600. The van der Waals surface area contributed by atoms with Crippen molar-refractivity contribution in [3.63, 3.8) is 0 Å². The van der Waals surface area contributed by atoms with E-state index in [4.69, 9.17) is 11.6 Å². The van der Waals surface area contributed by atoms with Gasteiger partial charge in [-0.1, -0.05) is 31.5 Å². The zero-order chi connectivity index (χ0) is 13.5. The molecule has 1 rings (SSSR count). The molecule has 0 amide bonds. The molecule has 0 aromatic heterocycles. The monoisotopic (exact) mass is 268 g/mol. The Morgan fingerprint density at radius 1 is 1.28 bits per heavy atom. The smallest absolute Gasteiger partial charge is 0.0471 e. The van der Waals surface area contributed by atoms with E-state index in [2.05, 4.69) is 56.1 Å². The summed E-state index contributed by atoms with van der Waals surface area (Å²) in [6.45, 7) is 11.6. The molecule has 3 heteroatoms. The highest BCUT2D eigenvalue weighted by Gasteiger charge is 2.12. The highest BCUT2D eigenvalue weighted by Crippen LogP contribution is 2.25. The molecule has 2 nitrogen and oxygen atoms in total. The maximum absolute atomic E-state index is 6.35. The van der Waals surface area contributed by atoms with E-state index in [1.165, 1.54) is 11.3 Å². The molecule has 0 aliphatic carbocycles. The van der Waals surface area contributed by atoms with Crippen LogP contribution in [0, 0.1) is 0 Å². The fourth-order valence-corrected chi connectivity index (χ4v) is 2.33. The Hall–Kier alpha value is -0.730. The van der Waals surface area contributed by atoms with Gasteiger partial charge in [0, 0.05) is 29.8 Å². The lowest BCUT2D eigenvalue weighted by Crippen LogP contribution is -2.32. The largest absolute Gasteiger partial charge is 0.369 e. The predicted molar refractivity (Wildman–Crippen MR) is 81.6 cm³/mol. The molecule has 0 heterocycles. The van der Waals surface area contributed by atoms with Gasteiger partial charge in [-0.05, 0) is 44.5 Å². The van der Waals surface area contributed by atoms with Gasteiger partial charge < -0.3 is 10.2 Å². The van der Waals surface area contributed by atoms with Gasteiger partial charge in [0.1, 0.15) is 0 Å². The molecule has 1 N–H and O–H groups in total. The summed E-state index contributed by atoms with van der Waals surface area (Å²) in [5.41, 5.74) is 2.39. The Morgan fingerprint density at radius 2 is 2.00 bits per heavy atom. The van der Waals surface area contributed by atoms with Gasteiger partial charge in [-0.15, -0.1) is 0 Å². The molecule has 0 fully saturated rings. The summed E-state index contributed by atoms with van der Waals surface area (Å²) < 4.78 is 0. The second-order valence-electron chi connectivity index (χ2n) is 4.60. The van der Waals surface area contributed by atoms with Gasteiger partial charge in [0.15, 0.2) is 0 Å². The molecule has 0 saturated heterocycles. The van der Waals surface area contributed by atoms with Crippen LogP contribution in [0.15, 0.2) is 18.2 Å². The van der Waals surface area contributed by atoms with E-state index in [1.54, 1.807) is 0 Å². The molecule has 1 aromatic carbocycles. The van der Waals surface area contributed by atoms with Crippen molar-refractivity contribution in [2.45, 2.75) is 46.7 Å². The minimum Gasteiger partial charge on any atom is -0.369 e. The van der Waals surface area contributed by atoms with Crippen molar-refractivity contribution in [1.82, 2.24) is 5.32 Å². The molecular weight excluding hydrogens is 244 g/mol. The third-order valence-electron chi connectivity index (χ3n) is 3.40. The van der Waals surface area contributed by atoms with Crippen LogP contribution in [-0.2, 0) is 6.54 Å². The van der Waals surface area contributed by atoms with Gasteiger partial charge in [-0.25, -0.2) is 0 Å². The first-order valence-electron chi connectivity index (χ1n) is 6.89. The number of anilines is 1. The first kappa shape index (κ1) is 15.3. The summed E-state index contributed by atoms with van der Waals surface area (Å²) in [7, 11) is 0. The highest BCUT2D eigenvalue weighted by molar-refractivity contribution is 6.31. The number of benzene rings is 1. The molecule has 0 radical (unpaired) electrons. The Labute approximate surface area is 116 Å². The number of halogens is 1. The summed E-state index contributed by atoms with van der Waals surface area (Å²) in [5.74, 6) is 0. The summed E-state index contributed by atoms with van der Waals surface area (Å²) in [4.78, 5) is 2.39. The molecule has 0 bridgehead atoms. The lowest BCUT2D eigenvalue weighted by molar-refractivity contribution is 0.630. The van der Waals surface area contributed by atoms with Crippen LogP contribution in [0.25, 0.3) is 0 Å². The van der Waals surface area contributed by atoms with Crippen molar-refractivity contribution in [2.75, 3.05) is 18.0 Å². The Morgan fingerprint density at radius 3 is 2.50 bits per heavy atom. The molecule has 1 unspecified atom stereocenters. The quantitative estimate of drug-likeness (QED) is 0.802. The van der Waals surface area contributed by atoms with Crippen molar-refractivity contribution in [3.05, 3.63) is 28.8 Å². The van der Waals surface area contributed by atoms with Crippen molar-refractivity contribution < 1.29 is 0 Å². The third kappa shape index (κ3) is 3.89. The maximum Gasteiger partial charge on any atom is 0.0471 e. The first-order chi connectivity index (χ1) is 8.63. The molecule has 0 spiro atoms. The number of nitrogens with zero attached hydrogens (tertiary/aromatic N) is 1. The number of hydrogen-bond donors (Lipinski definition) is 1. The minimum absolute atomic E-state index is 0.547. The average Bonchev–Trinajstić information content (AvgIpc) is 2.38. The molecule has 0 aliphatic heterocycles. The highest BCUT2D eigenvalue weighted by atomic mass is 35.5. The van der Waals surface area contributed by atoms with E-state index in [1.807, 2.05) is 0 Å². The Balaban J connectivity index is 2.87. The van der Waals surface area contributed by atoms with E-state index >= 15 is 0 Å². The molecule has 18 heavy (non-hydrogen) atoms. The van der Waals surface area contributed by atoms with E-state index in [9.17, 15) is 0 Å². The van der Waals surface area contributed by atoms with Crippen LogP contribution in [0.5, 0.6) is 0 Å². The standard InChI is InChI=1S/C15H25ClN2/c1-5-12(4)18(7-3)14-9-8-13(11-17-6-2)15(16)10-14/h8-10,12,17H,5-7,11H2,1-4H3. The van der Waals surface area contributed by atoms with Gasteiger partial charge in [0.05, 0.1) is 0 Å². The Bertz CT molecular complexity index is 366. The molecule has 1 aromatic rings. The first-order valence-corrected chi connectivity index (χ1v) is 7.27. The van der Waals surface area contributed by atoms with Gasteiger partial charge >= 0.3 is 0 Å². The zero-order valence-electron chi connectivity index (χ0n) is 12.0. The summed E-state index contributed by atoms with van der Waals surface area (Å²) in [6.07, 6.45) is 1.14. The molecule has 1 atom stereocenters.